The van der Waals surface area contributed by atoms with Gasteiger partial charge in [0.2, 0.25) is 0 Å². The van der Waals surface area contributed by atoms with E-state index in [0.29, 0.717) is 6.54 Å². The van der Waals surface area contributed by atoms with Gasteiger partial charge in [0.05, 0.1) is 12.3 Å². The van der Waals surface area contributed by atoms with Crippen molar-refractivity contribution in [3.05, 3.63) is 18.0 Å². The number of rotatable bonds is 5. The molecule has 0 aliphatic heterocycles. The van der Waals surface area contributed by atoms with E-state index in [2.05, 4.69) is 10.4 Å². The number of hydrogen-bond acceptors (Lipinski definition) is 3. The third kappa shape index (κ3) is 4.05. The molecule has 4 heteroatoms. The third-order valence-corrected chi connectivity index (χ3v) is 1.79. The highest BCUT2D eigenvalue weighted by Gasteiger charge is 1.97. The van der Waals surface area contributed by atoms with Gasteiger partial charge < -0.3 is 10.4 Å². The smallest absolute Gasteiger partial charge is 0.0636 e. The molecule has 0 unspecified atom stereocenters. The molecule has 0 bridgehead atoms. The third-order valence-electron chi connectivity index (χ3n) is 1.79. The summed E-state index contributed by atoms with van der Waals surface area (Å²) in [6.07, 6.45) is 4.56. The van der Waals surface area contributed by atoms with E-state index in [0.717, 1.165) is 13.0 Å². The van der Waals surface area contributed by atoms with Gasteiger partial charge in [-0.1, -0.05) is 0 Å². The van der Waals surface area contributed by atoms with Gasteiger partial charge >= 0.3 is 0 Å². The lowest BCUT2D eigenvalue weighted by Gasteiger charge is -2.04. The molecule has 1 heterocycles. The Balaban J connectivity index is 2.13. The predicted octanol–water partition coefficient (Wildman–Crippen LogP) is -0.0670. The second-order valence-corrected chi connectivity index (χ2v) is 3.33. The molecule has 0 amide bonds. The standard InChI is InChI=1S/C9H17N3O/c1-8(13)5-10-4-3-9-6-11-12(2)7-9/h6-8,10,13H,3-5H2,1-2H3/t8-/m1/s1. The average Bonchev–Trinajstić information content (AvgIpc) is 2.45. The molecule has 0 saturated heterocycles. The van der Waals surface area contributed by atoms with E-state index in [1.54, 1.807) is 11.6 Å². The summed E-state index contributed by atoms with van der Waals surface area (Å²) in [6.45, 7) is 3.31. The molecule has 0 aliphatic carbocycles. The zero-order valence-electron chi connectivity index (χ0n) is 8.20. The van der Waals surface area contributed by atoms with Gasteiger partial charge in [0.25, 0.3) is 0 Å². The first-order valence-corrected chi connectivity index (χ1v) is 4.55. The summed E-state index contributed by atoms with van der Waals surface area (Å²) in [5.41, 5.74) is 1.22. The van der Waals surface area contributed by atoms with Crippen LogP contribution >= 0.6 is 0 Å². The van der Waals surface area contributed by atoms with E-state index in [9.17, 15) is 0 Å². The molecule has 13 heavy (non-hydrogen) atoms. The highest BCUT2D eigenvalue weighted by atomic mass is 16.3. The highest BCUT2D eigenvalue weighted by Crippen LogP contribution is 1.95. The van der Waals surface area contributed by atoms with Crippen molar-refractivity contribution in [3.63, 3.8) is 0 Å². The molecular weight excluding hydrogens is 166 g/mol. The van der Waals surface area contributed by atoms with Crippen LogP contribution < -0.4 is 5.32 Å². The van der Waals surface area contributed by atoms with Crippen LogP contribution in [0.2, 0.25) is 0 Å². The van der Waals surface area contributed by atoms with Crippen molar-refractivity contribution in [1.29, 1.82) is 0 Å². The number of nitrogens with one attached hydrogen (secondary N) is 1. The first-order chi connectivity index (χ1) is 6.18. The van der Waals surface area contributed by atoms with E-state index in [1.165, 1.54) is 5.56 Å². The van der Waals surface area contributed by atoms with Crippen molar-refractivity contribution >= 4 is 0 Å². The molecule has 0 spiro atoms. The SMILES string of the molecule is C[C@@H](O)CNCCc1cnn(C)c1. The van der Waals surface area contributed by atoms with Crippen LogP contribution in [0.25, 0.3) is 0 Å². The maximum Gasteiger partial charge on any atom is 0.0636 e. The van der Waals surface area contributed by atoms with E-state index in [4.69, 9.17) is 5.11 Å². The molecular formula is C9H17N3O. The second-order valence-electron chi connectivity index (χ2n) is 3.33. The van der Waals surface area contributed by atoms with Crippen molar-refractivity contribution < 1.29 is 5.11 Å². The molecule has 1 atom stereocenters. The van der Waals surface area contributed by atoms with Gasteiger partial charge in [0.15, 0.2) is 0 Å². The molecule has 1 aromatic rings. The molecule has 0 fully saturated rings. The van der Waals surface area contributed by atoms with Gasteiger partial charge in [-0.15, -0.1) is 0 Å². The summed E-state index contributed by atoms with van der Waals surface area (Å²) < 4.78 is 1.80. The van der Waals surface area contributed by atoms with E-state index >= 15 is 0 Å². The zero-order valence-corrected chi connectivity index (χ0v) is 8.20. The van der Waals surface area contributed by atoms with Gasteiger partial charge in [-0.05, 0) is 25.5 Å². The van der Waals surface area contributed by atoms with E-state index < -0.39 is 0 Å². The fraction of sp³-hybridized carbons (Fsp3) is 0.667. The lowest BCUT2D eigenvalue weighted by Crippen LogP contribution is -2.26. The van der Waals surface area contributed by atoms with Crippen LogP contribution in [0.3, 0.4) is 0 Å². The number of aromatic nitrogens is 2. The van der Waals surface area contributed by atoms with Crippen LogP contribution in [0.4, 0.5) is 0 Å². The Morgan fingerprint density at radius 2 is 2.46 bits per heavy atom. The normalized spacial score (nSPS) is 13.2. The van der Waals surface area contributed by atoms with Gasteiger partial charge in [0, 0.05) is 19.8 Å². The summed E-state index contributed by atoms with van der Waals surface area (Å²) in [5, 5.41) is 16.2. The largest absolute Gasteiger partial charge is 0.392 e. The fourth-order valence-corrected chi connectivity index (χ4v) is 1.14. The number of hydrogen-bond donors (Lipinski definition) is 2. The number of aliphatic hydroxyl groups excluding tert-OH is 1. The Bertz CT molecular complexity index is 245. The summed E-state index contributed by atoms with van der Waals surface area (Å²) in [6, 6.07) is 0. The molecule has 1 rings (SSSR count). The number of nitrogens with zero attached hydrogens (tertiary/aromatic N) is 2. The lowest BCUT2D eigenvalue weighted by molar-refractivity contribution is 0.191. The Hall–Kier alpha value is -0.870. The molecule has 0 radical (unpaired) electrons. The maximum absolute atomic E-state index is 8.97. The van der Waals surface area contributed by atoms with E-state index in [1.807, 2.05) is 19.4 Å². The summed E-state index contributed by atoms with van der Waals surface area (Å²) in [7, 11) is 1.91. The van der Waals surface area contributed by atoms with Crippen molar-refractivity contribution in [2.45, 2.75) is 19.4 Å². The van der Waals surface area contributed by atoms with Gasteiger partial charge in [-0.3, -0.25) is 4.68 Å². The van der Waals surface area contributed by atoms with Crippen molar-refractivity contribution in [2.24, 2.45) is 7.05 Å². The van der Waals surface area contributed by atoms with Crippen LogP contribution in [0, 0.1) is 0 Å². The highest BCUT2D eigenvalue weighted by molar-refractivity contribution is 5.03. The predicted molar refractivity (Wildman–Crippen MR) is 51.5 cm³/mol. The summed E-state index contributed by atoms with van der Waals surface area (Å²) in [4.78, 5) is 0. The van der Waals surface area contributed by atoms with Crippen molar-refractivity contribution in [2.75, 3.05) is 13.1 Å². The first-order valence-electron chi connectivity index (χ1n) is 4.55. The Morgan fingerprint density at radius 3 is 3.00 bits per heavy atom. The molecule has 1 aromatic heterocycles. The number of aliphatic hydroxyl groups is 1. The van der Waals surface area contributed by atoms with E-state index in [-0.39, 0.29) is 6.10 Å². The molecule has 2 N–H and O–H groups in total. The minimum absolute atomic E-state index is 0.270. The average molecular weight is 183 g/mol. The van der Waals surface area contributed by atoms with Crippen LogP contribution in [0.5, 0.6) is 0 Å². The van der Waals surface area contributed by atoms with Crippen molar-refractivity contribution in [1.82, 2.24) is 15.1 Å². The first kappa shape index (κ1) is 10.2. The Labute approximate surface area is 78.6 Å². The monoisotopic (exact) mass is 183 g/mol. The molecule has 0 aromatic carbocycles. The zero-order chi connectivity index (χ0) is 9.68. The summed E-state index contributed by atoms with van der Waals surface area (Å²) in [5.74, 6) is 0. The van der Waals surface area contributed by atoms with Crippen LogP contribution in [-0.2, 0) is 13.5 Å². The molecule has 0 saturated carbocycles. The number of aryl methyl sites for hydroxylation is 1. The topological polar surface area (TPSA) is 50.1 Å². The second kappa shape index (κ2) is 4.99. The fourth-order valence-electron chi connectivity index (χ4n) is 1.14. The van der Waals surface area contributed by atoms with Crippen LogP contribution in [-0.4, -0.2) is 34.1 Å². The van der Waals surface area contributed by atoms with Crippen molar-refractivity contribution in [3.8, 4) is 0 Å². The Morgan fingerprint density at radius 1 is 1.69 bits per heavy atom. The van der Waals surface area contributed by atoms with Gasteiger partial charge in [-0.25, -0.2) is 0 Å². The Kier molecular flexibility index (Phi) is 3.92. The quantitative estimate of drug-likeness (QED) is 0.628. The molecule has 0 aliphatic rings. The van der Waals surface area contributed by atoms with Crippen LogP contribution in [0.1, 0.15) is 12.5 Å². The lowest BCUT2D eigenvalue weighted by atomic mass is 10.2. The minimum atomic E-state index is -0.270. The minimum Gasteiger partial charge on any atom is -0.392 e. The summed E-state index contributed by atoms with van der Waals surface area (Å²) >= 11 is 0. The van der Waals surface area contributed by atoms with Gasteiger partial charge in [-0.2, -0.15) is 5.10 Å². The molecule has 4 nitrogen and oxygen atoms in total. The maximum atomic E-state index is 8.97. The van der Waals surface area contributed by atoms with Crippen LogP contribution in [0.15, 0.2) is 12.4 Å². The molecule has 74 valence electrons. The van der Waals surface area contributed by atoms with Gasteiger partial charge in [0.1, 0.15) is 0 Å².